The van der Waals surface area contributed by atoms with Crippen molar-refractivity contribution in [2.45, 2.75) is 32.1 Å². The lowest BCUT2D eigenvalue weighted by molar-refractivity contribution is 0.0930. The van der Waals surface area contributed by atoms with Crippen molar-refractivity contribution in [1.82, 2.24) is 0 Å². The van der Waals surface area contributed by atoms with Crippen molar-refractivity contribution in [3.05, 3.63) is 59.0 Å². The molecule has 0 amide bonds. The summed E-state index contributed by atoms with van der Waals surface area (Å²) in [4.78, 5) is 12.6. The molecule has 2 aliphatic carbocycles. The van der Waals surface area contributed by atoms with Crippen molar-refractivity contribution >= 4 is 5.78 Å². The maximum atomic E-state index is 12.6. The molecule has 1 saturated carbocycles. The zero-order chi connectivity index (χ0) is 13.7. The molecule has 2 aromatic rings. The Labute approximate surface area is 118 Å². The fourth-order valence-corrected chi connectivity index (χ4v) is 3.79. The first-order valence-electron chi connectivity index (χ1n) is 7.50. The maximum Gasteiger partial charge on any atom is 0.201 e. The van der Waals surface area contributed by atoms with E-state index in [1.165, 1.54) is 11.1 Å². The number of Topliss-reactive ketones (excluding diaryl/α,β-unsaturated/α-hetero) is 1. The third-order valence-electron chi connectivity index (χ3n) is 4.89. The summed E-state index contributed by atoms with van der Waals surface area (Å²) in [5, 5.41) is 0. The average Bonchev–Trinajstić information content (AvgIpc) is 3.04. The van der Waals surface area contributed by atoms with Gasteiger partial charge in [-0.2, -0.15) is 0 Å². The lowest BCUT2D eigenvalue weighted by Gasteiger charge is -2.13. The highest BCUT2D eigenvalue weighted by atomic mass is 16.3. The lowest BCUT2D eigenvalue weighted by Crippen LogP contribution is -2.02. The molecule has 2 nitrogen and oxygen atoms in total. The summed E-state index contributed by atoms with van der Waals surface area (Å²) in [7, 11) is 0. The molecule has 1 fully saturated rings. The van der Waals surface area contributed by atoms with Gasteiger partial charge in [0.1, 0.15) is 5.76 Å². The van der Waals surface area contributed by atoms with E-state index in [0.29, 0.717) is 17.6 Å². The molecule has 0 bridgehead atoms. The van der Waals surface area contributed by atoms with Crippen LogP contribution in [0.25, 0.3) is 0 Å². The van der Waals surface area contributed by atoms with Gasteiger partial charge in [-0.05, 0) is 47.9 Å². The third-order valence-corrected chi connectivity index (χ3v) is 4.89. The fourth-order valence-electron chi connectivity index (χ4n) is 3.79. The zero-order valence-electron chi connectivity index (χ0n) is 11.6. The summed E-state index contributed by atoms with van der Waals surface area (Å²) >= 11 is 0. The van der Waals surface area contributed by atoms with Gasteiger partial charge in [-0.3, -0.25) is 4.79 Å². The highest BCUT2D eigenvalue weighted by Gasteiger charge is 2.57. The Hall–Kier alpha value is -1.83. The van der Waals surface area contributed by atoms with Crippen LogP contribution in [0.2, 0.25) is 0 Å². The predicted molar refractivity (Wildman–Crippen MR) is 76.9 cm³/mol. The molecule has 3 unspecified atom stereocenters. The Bertz CT molecular complexity index is 668. The number of rotatable bonds is 3. The van der Waals surface area contributed by atoms with Crippen LogP contribution in [0.1, 0.15) is 46.7 Å². The first-order chi connectivity index (χ1) is 9.79. The smallest absolute Gasteiger partial charge is 0.201 e. The topological polar surface area (TPSA) is 30.2 Å². The molecule has 4 rings (SSSR count). The van der Waals surface area contributed by atoms with Crippen LogP contribution < -0.4 is 0 Å². The minimum absolute atomic E-state index is 0.148. The second-order valence-corrected chi connectivity index (χ2v) is 5.94. The summed E-state index contributed by atoms with van der Waals surface area (Å²) in [5.41, 5.74) is 2.82. The van der Waals surface area contributed by atoms with Crippen molar-refractivity contribution in [1.29, 1.82) is 0 Å². The first-order valence-corrected chi connectivity index (χ1v) is 7.50. The van der Waals surface area contributed by atoms with E-state index in [0.717, 1.165) is 25.0 Å². The largest absolute Gasteiger partial charge is 0.458 e. The molecule has 0 saturated heterocycles. The van der Waals surface area contributed by atoms with E-state index in [9.17, 15) is 4.79 Å². The van der Waals surface area contributed by atoms with Crippen molar-refractivity contribution in [3.8, 4) is 0 Å². The number of hydrogen-bond donors (Lipinski definition) is 0. The van der Waals surface area contributed by atoms with Crippen molar-refractivity contribution in [3.63, 3.8) is 0 Å². The highest BCUT2D eigenvalue weighted by Crippen LogP contribution is 2.60. The molecular formula is C18H18O2. The van der Waals surface area contributed by atoms with Gasteiger partial charge in [0.2, 0.25) is 5.78 Å². The Morgan fingerprint density at radius 1 is 1.25 bits per heavy atom. The molecule has 102 valence electrons. The summed E-state index contributed by atoms with van der Waals surface area (Å²) < 4.78 is 5.64. The van der Waals surface area contributed by atoms with Crippen LogP contribution in [0.15, 0.2) is 40.8 Å². The quantitative estimate of drug-likeness (QED) is 0.786. The molecule has 20 heavy (non-hydrogen) atoms. The van der Waals surface area contributed by atoms with E-state index in [4.69, 9.17) is 4.42 Å². The van der Waals surface area contributed by atoms with E-state index < -0.39 is 0 Å². The van der Waals surface area contributed by atoms with Crippen LogP contribution in [0, 0.1) is 11.8 Å². The zero-order valence-corrected chi connectivity index (χ0v) is 11.6. The highest BCUT2D eigenvalue weighted by molar-refractivity contribution is 5.98. The molecule has 2 heteroatoms. The second-order valence-electron chi connectivity index (χ2n) is 5.94. The SMILES string of the molecule is CCc1ccc(C(=O)C2C3CCc4ccccc4C32)o1. The molecule has 0 radical (unpaired) electrons. The summed E-state index contributed by atoms with van der Waals surface area (Å²) in [6.45, 7) is 2.04. The number of benzene rings is 1. The Morgan fingerprint density at radius 2 is 2.10 bits per heavy atom. The summed E-state index contributed by atoms with van der Waals surface area (Å²) in [6.07, 6.45) is 3.09. The molecular weight excluding hydrogens is 248 g/mol. The van der Waals surface area contributed by atoms with E-state index in [-0.39, 0.29) is 11.7 Å². The number of furan rings is 1. The van der Waals surface area contributed by atoms with Gasteiger partial charge in [0.25, 0.3) is 0 Å². The van der Waals surface area contributed by atoms with Crippen LogP contribution in [0.5, 0.6) is 0 Å². The normalized spacial score (nSPS) is 26.8. The van der Waals surface area contributed by atoms with Gasteiger partial charge in [-0.1, -0.05) is 31.2 Å². The van der Waals surface area contributed by atoms with Crippen LogP contribution in [-0.2, 0) is 12.8 Å². The molecule has 3 atom stereocenters. The Morgan fingerprint density at radius 3 is 2.90 bits per heavy atom. The van der Waals surface area contributed by atoms with Crippen LogP contribution in [-0.4, -0.2) is 5.78 Å². The van der Waals surface area contributed by atoms with Crippen molar-refractivity contribution in [2.75, 3.05) is 0 Å². The first kappa shape index (κ1) is 12.0. The summed E-state index contributed by atoms with van der Waals surface area (Å²) in [5.74, 6) is 2.78. The van der Waals surface area contributed by atoms with E-state index >= 15 is 0 Å². The maximum absolute atomic E-state index is 12.6. The van der Waals surface area contributed by atoms with Gasteiger partial charge in [0.05, 0.1) is 0 Å². The van der Waals surface area contributed by atoms with Crippen molar-refractivity contribution < 1.29 is 9.21 Å². The molecule has 0 aliphatic heterocycles. The van der Waals surface area contributed by atoms with E-state index in [1.807, 2.05) is 19.1 Å². The minimum atomic E-state index is 0.148. The van der Waals surface area contributed by atoms with E-state index in [2.05, 4.69) is 24.3 Å². The minimum Gasteiger partial charge on any atom is -0.458 e. The van der Waals surface area contributed by atoms with Gasteiger partial charge in [-0.25, -0.2) is 0 Å². The van der Waals surface area contributed by atoms with Crippen LogP contribution in [0.3, 0.4) is 0 Å². The number of carbonyl (C=O) groups excluding carboxylic acids is 1. The standard InChI is InChI=1S/C18H18O2/c1-2-12-8-10-15(20-12)18(19)17-14-9-7-11-5-3-4-6-13(11)16(14)17/h3-6,8,10,14,16-17H,2,7,9H2,1H3. The van der Waals surface area contributed by atoms with Gasteiger partial charge >= 0.3 is 0 Å². The van der Waals surface area contributed by atoms with Gasteiger partial charge in [0.15, 0.2) is 5.76 Å². The molecule has 0 N–H and O–H groups in total. The monoisotopic (exact) mass is 266 g/mol. The van der Waals surface area contributed by atoms with Gasteiger partial charge in [0, 0.05) is 12.3 Å². The molecule has 1 aromatic heterocycles. The number of hydrogen-bond acceptors (Lipinski definition) is 2. The van der Waals surface area contributed by atoms with Gasteiger partial charge in [-0.15, -0.1) is 0 Å². The van der Waals surface area contributed by atoms with Crippen LogP contribution >= 0.6 is 0 Å². The van der Waals surface area contributed by atoms with Crippen LogP contribution in [0.4, 0.5) is 0 Å². The molecule has 1 heterocycles. The number of ketones is 1. The lowest BCUT2D eigenvalue weighted by atomic mass is 9.92. The third kappa shape index (κ3) is 1.67. The van der Waals surface area contributed by atoms with E-state index in [1.54, 1.807) is 0 Å². The average molecular weight is 266 g/mol. The van der Waals surface area contributed by atoms with Gasteiger partial charge < -0.3 is 4.42 Å². The number of aryl methyl sites for hydroxylation is 2. The molecule has 2 aliphatic rings. The van der Waals surface area contributed by atoms with Crippen molar-refractivity contribution in [2.24, 2.45) is 11.8 Å². The fraction of sp³-hybridized carbons (Fsp3) is 0.389. The molecule has 0 spiro atoms. The Balaban J connectivity index is 1.62. The predicted octanol–water partition coefficient (Wildman–Crippen LogP) is 4.00. The Kier molecular flexibility index (Phi) is 2.59. The molecule has 1 aromatic carbocycles. The number of carbonyl (C=O) groups is 1. The second kappa shape index (κ2) is 4.34. The summed E-state index contributed by atoms with van der Waals surface area (Å²) in [6, 6.07) is 12.3. The number of fused-ring (bicyclic) bond motifs is 3.